The number of hydrogen-bond donors (Lipinski definition) is 1. The summed E-state index contributed by atoms with van der Waals surface area (Å²) in [7, 11) is 2.83. The van der Waals surface area contributed by atoms with Crippen LogP contribution in [0.4, 0.5) is 0 Å². The number of benzene rings is 1. The van der Waals surface area contributed by atoms with E-state index in [1.807, 2.05) is 12.1 Å². The Hall–Kier alpha value is -2.30. The Labute approximate surface area is 155 Å². The summed E-state index contributed by atoms with van der Waals surface area (Å²) in [6.07, 6.45) is 0. The lowest BCUT2D eigenvalue weighted by Gasteiger charge is -2.30. The molecule has 0 fully saturated rings. The summed E-state index contributed by atoms with van der Waals surface area (Å²) in [5.74, 6) is 3.07. The van der Waals surface area contributed by atoms with Crippen LogP contribution in [0, 0.1) is 11.5 Å². The fraction of sp³-hybridized carbons (Fsp3) is 0.474. The zero-order valence-electron chi connectivity index (χ0n) is 16.2. The van der Waals surface area contributed by atoms with Gasteiger partial charge in [-0.25, -0.2) is 4.79 Å². The van der Waals surface area contributed by atoms with Crippen molar-refractivity contribution in [3.05, 3.63) is 29.3 Å². The van der Waals surface area contributed by atoms with Gasteiger partial charge in [-0.05, 0) is 24.7 Å². The van der Waals surface area contributed by atoms with Gasteiger partial charge in [-0.3, -0.25) is 10.1 Å². The van der Waals surface area contributed by atoms with Crippen LogP contribution < -0.4 is 10.1 Å². The Morgan fingerprint density at radius 1 is 1.35 bits per heavy atom. The topological polar surface area (TPSA) is 67.9 Å². The Bertz CT molecular complexity index is 776. The van der Waals surface area contributed by atoms with Gasteiger partial charge in [0, 0.05) is 12.1 Å². The van der Waals surface area contributed by atoms with Gasteiger partial charge in [0.25, 0.3) is 5.91 Å². The first-order chi connectivity index (χ1) is 12.2. The predicted molar refractivity (Wildman–Crippen MR) is 103 cm³/mol. The van der Waals surface area contributed by atoms with Gasteiger partial charge in [-0.1, -0.05) is 31.6 Å². The summed E-state index contributed by atoms with van der Waals surface area (Å²) in [6.45, 7) is 6.83. The van der Waals surface area contributed by atoms with Crippen molar-refractivity contribution in [3.8, 4) is 17.2 Å². The van der Waals surface area contributed by atoms with Crippen LogP contribution in [0.3, 0.4) is 0 Å². The molecule has 0 spiro atoms. The number of likely N-dealkylation sites (N-methyl/N-ethyl adjacent to an activating group) is 1. The summed E-state index contributed by atoms with van der Waals surface area (Å²) >= 11 is 0. The third kappa shape index (κ3) is 4.09. The molecule has 0 radical (unpaired) electrons. The maximum absolute atomic E-state index is 12.8. The number of nitrogens with one attached hydrogen (secondary N) is 1. The SMILES string of the molecule is CN[C@](C#C[Si](C)(C)C)(CN1Cc2ccc(OC)cc2C1=O)C(=O)OC. The Morgan fingerprint density at radius 3 is 2.58 bits per heavy atom. The zero-order valence-corrected chi connectivity index (χ0v) is 17.2. The number of hydrogen-bond acceptors (Lipinski definition) is 5. The first kappa shape index (κ1) is 20.0. The molecule has 1 amide bonds. The van der Waals surface area contributed by atoms with Gasteiger partial charge >= 0.3 is 5.97 Å². The standard InChI is InChI=1S/C19H26N2O4Si/c1-20-19(18(23)25-3,9-10-26(4,5)6)13-21-12-14-7-8-15(24-2)11-16(14)17(21)22/h7-8,11,20H,12-13H2,1-6H3/t19-/m1/s1. The molecule has 0 unspecified atom stereocenters. The summed E-state index contributed by atoms with van der Waals surface area (Å²) < 4.78 is 10.2. The van der Waals surface area contributed by atoms with E-state index in [-0.39, 0.29) is 12.5 Å². The van der Waals surface area contributed by atoms with Gasteiger partial charge in [0.15, 0.2) is 5.54 Å². The molecule has 1 atom stereocenters. The van der Waals surface area contributed by atoms with E-state index in [2.05, 4.69) is 36.4 Å². The van der Waals surface area contributed by atoms with Crippen LogP contribution in [0.5, 0.6) is 5.75 Å². The maximum Gasteiger partial charge on any atom is 0.340 e. The monoisotopic (exact) mass is 374 g/mol. The van der Waals surface area contributed by atoms with Crippen molar-refractivity contribution in [1.29, 1.82) is 0 Å². The zero-order chi connectivity index (χ0) is 19.5. The minimum atomic E-state index is -1.72. The van der Waals surface area contributed by atoms with E-state index in [0.29, 0.717) is 17.9 Å². The number of esters is 1. The molecule has 6 nitrogen and oxygen atoms in total. The third-order valence-corrected chi connectivity index (χ3v) is 5.11. The van der Waals surface area contributed by atoms with Crippen molar-refractivity contribution in [3.63, 3.8) is 0 Å². The molecule has 0 saturated heterocycles. The molecule has 0 saturated carbocycles. The van der Waals surface area contributed by atoms with Gasteiger partial charge < -0.3 is 14.4 Å². The molecule has 1 aromatic rings. The number of carbonyl (C=O) groups is 2. The van der Waals surface area contributed by atoms with Gasteiger partial charge in [0.05, 0.1) is 20.8 Å². The summed E-state index contributed by atoms with van der Waals surface area (Å²) in [6, 6.07) is 5.43. The first-order valence-corrected chi connectivity index (χ1v) is 11.9. The van der Waals surface area contributed by atoms with Crippen molar-refractivity contribution in [1.82, 2.24) is 10.2 Å². The maximum atomic E-state index is 12.8. The predicted octanol–water partition coefficient (Wildman–Crippen LogP) is 1.66. The summed E-state index contributed by atoms with van der Waals surface area (Å²) in [5.41, 5.74) is 3.47. The van der Waals surface area contributed by atoms with Crippen molar-refractivity contribution >= 4 is 20.0 Å². The molecule has 7 heteroatoms. The molecule has 1 aliphatic heterocycles. The molecule has 2 rings (SSSR count). The van der Waals surface area contributed by atoms with Crippen molar-refractivity contribution in [2.45, 2.75) is 31.7 Å². The second-order valence-corrected chi connectivity index (χ2v) is 12.1. The van der Waals surface area contributed by atoms with Crippen LogP contribution in [0.1, 0.15) is 15.9 Å². The highest BCUT2D eigenvalue weighted by Crippen LogP contribution is 2.28. The molecular formula is C19H26N2O4Si. The minimum Gasteiger partial charge on any atom is -0.497 e. The fourth-order valence-corrected chi connectivity index (χ4v) is 3.34. The van der Waals surface area contributed by atoms with Gasteiger partial charge in [-0.15, -0.1) is 5.54 Å². The largest absolute Gasteiger partial charge is 0.497 e. The van der Waals surface area contributed by atoms with Crippen LogP contribution in [0.15, 0.2) is 18.2 Å². The Balaban J connectivity index is 2.36. The van der Waals surface area contributed by atoms with Crippen molar-refractivity contribution in [2.75, 3.05) is 27.8 Å². The van der Waals surface area contributed by atoms with Gasteiger partial charge in [-0.2, -0.15) is 0 Å². The molecule has 1 aliphatic rings. The van der Waals surface area contributed by atoms with Crippen LogP contribution in [-0.2, 0) is 16.1 Å². The van der Waals surface area contributed by atoms with E-state index in [1.54, 1.807) is 25.1 Å². The van der Waals surface area contributed by atoms with Crippen molar-refractivity contribution < 1.29 is 19.1 Å². The lowest BCUT2D eigenvalue weighted by atomic mass is 10.0. The number of methoxy groups -OCH3 is 2. The molecule has 1 heterocycles. The lowest BCUT2D eigenvalue weighted by Crippen LogP contribution is -2.57. The molecule has 0 aromatic heterocycles. The van der Waals surface area contributed by atoms with E-state index >= 15 is 0 Å². The summed E-state index contributed by atoms with van der Waals surface area (Å²) in [4.78, 5) is 27.0. The molecular weight excluding hydrogens is 348 g/mol. The van der Waals surface area contributed by atoms with Crippen molar-refractivity contribution in [2.24, 2.45) is 0 Å². The second-order valence-electron chi connectivity index (χ2n) is 7.33. The van der Waals surface area contributed by atoms with E-state index < -0.39 is 19.6 Å². The molecule has 0 bridgehead atoms. The Morgan fingerprint density at radius 2 is 2.04 bits per heavy atom. The molecule has 0 aliphatic carbocycles. The molecule has 1 aromatic carbocycles. The number of rotatable bonds is 5. The van der Waals surface area contributed by atoms with Gasteiger partial charge in [0.2, 0.25) is 0 Å². The van der Waals surface area contributed by atoms with Crippen LogP contribution in [0.2, 0.25) is 19.6 Å². The highest BCUT2D eigenvalue weighted by atomic mass is 28.3. The fourth-order valence-electron chi connectivity index (χ4n) is 2.75. The average molecular weight is 375 g/mol. The second kappa shape index (κ2) is 7.52. The van der Waals surface area contributed by atoms with E-state index in [0.717, 1.165) is 5.56 Å². The normalized spacial score (nSPS) is 15.6. The number of ether oxygens (including phenoxy) is 2. The number of amides is 1. The van der Waals surface area contributed by atoms with Crippen LogP contribution >= 0.6 is 0 Å². The third-order valence-electron chi connectivity index (χ3n) is 4.24. The number of fused-ring (bicyclic) bond motifs is 1. The quantitative estimate of drug-likeness (QED) is 0.482. The minimum absolute atomic E-state index is 0.115. The average Bonchev–Trinajstić information content (AvgIpc) is 2.92. The van der Waals surface area contributed by atoms with Gasteiger partial charge in [0.1, 0.15) is 13.8 Å². The number of nitrogens with zero attached hydrogens (tertiary/aromatic N) is 1. The van der Waals surface area contributed by atoms with E-state index in [9.17, 15) is 9.59 Å². The van der Waals surface area contributed by atoms with Crippen LogP contribution in [-0.4, -0.2) is 58.2 Å². The van der Waals surface area contributed by atoms with E-state index in [4.69, 9.17) is 9.47 Å². The summed E-state index contributed by atoms with van der Waals surface area (Å²) in [5, 5.41) is 2.99. The molecule has 140 valence electrons. The Kier molecular flexibility index (Phi) is 5.79. The lowest BCUT2D eigenvalue weighted by molar-refractivity contribution is -0.146. The molecule has 26 heavy (non-hydrogen) atoms. The molecule has 1 N–H and O–H groups in total. The highest BCUT2D eigenvalue weighted by molar-refractivity contribution is 6.83. The van der Waals surface area contributed by atoms with Crippen LogP contribution in [0.25, 0.3) is 0 Å². The first-order valence-electron chi connectivity index (χ1n) is 8.43. The smallest absolute Gasteiger partial charge is 0.340 e. The highest BCUT2D eigenvalue weighted by Gasteiger charge is 2.42. The van der Waals surface area contributed by atoms with E-state index in [1.165, 1.54) is 7.11 Å². The number of carbonyl (C=O) groups excluding carboxylic acids is 2.